The molecule has 0 saturated carbocycles. The fourth-order valence-electron chi connectivity index (χ4n) is 3.39. The maximum absolute atomic E-state index is 13.6. The summed E-state index contributed by atoms with van der Waals surface area (Å²) in [7, 11) is -2.80. The predicted octanol–water partition coefficient (Wildman–Crippen LogP) is 3.73. The topological polar surface area (TPSA) is 98.5 Å². The number of ether oxygens (including phenoxy) is 1. The number of sulfone groups is 1. The van der Waals surface area contributed by atoms with Gasteiger partial charge in [0.25, 0.3) is 5.56 Å². The van der Waals surface area contributed by atoms with E-state index >= 15 is 0 Å². The van der Waals surface area contributed by atoms with Crippen molar-refractivity contribution in [2.24, 2.45) is 0 Å². The Balaban J connectivity index is 2.31. The van der Waals surface area contributed by atoms with Gasteiger partial charge in [-0.25, -0.2) is 8.42 Å². The molecule has 1 heterocycles. The zero-order valence-corrected chi connectivity index (χ0v) is 19.6. The molecule has 0 spiro atoms. The van der Waals surface area contributed by atoms with E-state index in [1.165, 1.54) is 23.8 Å². The minimum atomic E-state index is -4.31. The summed E-state index contributed by atoms with van der Waals surface area (Å²) in [6.07, 6.45) is 1.04. The van der Waals surface area contributed by atoms with Crippen molar-refractivity contribution in [2.75, 3.05) is 13.7 Å². The first-order chi connectivity index (χ1) is 14.8. The van der Waals surface area contributed by atoms with Gasteiger partial charge in [0.05, 0.1) is 17.5 Å². The lowest BCUT2D eigenvalue weighted by Gasteiger charge is -2.23. The molecule has 1 atom stereocenters. The SMILES string of the molecule is CCCc1nc(O)c(S(=O)(=O)c2ccc(Br)cc2)c(=O)n1C(COC)c1ccccc1. The van der Waals surface area contributed by atoms with Gasteiger partial charge in [-0.1, -0.05) is 53.2 Å². The van der Waals surface area contributed by atoms with Gasteiger partial charge in [-0.3, -0.25) is 9.36 Å². The van der Waals surface area contributed by atoms with E-state index in [9.17, 15) is 18.3 Å². The van der Waals surface area contributed by atoms with Gasteiger partial charge in [-0.05, 0) is 36.2 Å². The molecule has 0 aliphatic rings. The zero-order valence-electron chi connectivity index (χ0n) is 17.2. The molecule has 0 fully saturated rings. The molecular weight excluding hydrogens is 484 g/mol. The fraction of sp³-hybridized carbons (Fsp3) is 0.273. The van der Waals surface area contributed by atoms with E-state index in [0.29, 0.717) is 23.1 Å². The third kappa shape index (κ3) is 4.73. The van der Waals surface area contributed by atoms with E-state index in [-0.39, 0.29) is 11.5 Å². The van der Waals surface area contributed by atoms with Crippen LogP contribution in [0.3, 0.4) is 0 Å². The van der Waals surface area contributed by atoms with Crippen molar-refractivity contribution in [1.82, 2.24) is 9.55 Å². The van der Waals surface area contributed by atoms with E-state index in [4.69, 9.17) is 4.74 Å². The van der Waals surface area contributed by atoms with Crippen molar-refractivity contribution < 1.29 is 18.3 Å². The van der Waals surface area contributed by atoms with Crippen LogP contribution in [-0.2, 0) is 21.0 Å². The number of rotatable bonds is 8. The predicted molar refractivity (Wildman–Crippen MR) is 120 cm³/mol. The van der Waals surface area contributed by atoms with E-state index < -0.39 is 32.2 Å². The van der Waals surface area contributed by atoms with Crippen LogP contribution in [0, 0.1) is 0 Å². The molecule has 0 aliphatic carbocycles. The van der Waals surface area contributed by atoms with E-state index in [0.717, 1.165) is 5.56 Å². The highest BCUT2D eigenvalue weighted by Crippen LogP contribution is 2.28. The van der Waals surface area contributed by atoms with Gasteiger partial charge in [0.15, 0.2) is 4.90 Å². The number of benzene rings is 2. The molecule has 1 unspecified atom stereocenters. The van der Waals surface area contributed by atoms with Crippen LogP contribution in [0.4, 0.5) is 0 Å². The minimum absolute atomic E-state index is 0.109. The Kier molecular flexibility index (Phi) is 7.30. The molecule has 3 rings (SSSR count). The summed E-state index contributed by atoms with van der Waals surface area (Å²) in [4.78, 5) is 16.9. The van der Waals surface area contributed by atoms with Crippen LogP contribution in [0.5, 0.6) is 5.88 Å². The molecule has 164 valence electrons. The van der Waals surface area contributed by atoms with Crippen LogP contribution in [-0.4, -0.2) is 36.8 Å². The van der Waals surface area contributed by atoms with Crippen molar-refractivity contribution in [2.45, 2.75) is 35.6 Å². The molecule has 2 aromatic carbocycles. The molecule has 1 aromatic heterocycles. The summed E-state index contributed by atoms with van der Waals surface area (Å²) in [6.45, 7) is 2.04. The van der Waals surface area contributed by atoms with Crippen molar-refractivity contribution in [1.29, 1.82) is 0 Å². The third-order valence-electron chi connectivity index (χ3n) is 4.82. The average molecular weight is 507 g/mol. The molecule has 3 aromatic rings. The molecule has 0 aliphatic heterocycles. The number of nitrogens with zero attached hydrogens (tertiary/aromatic N) is 2. The highest BCUT2D eigenvalue weighted by Gasteiger charge is 2.31. The summed E-state index contributed by atoms with van der Waals surface area (Å²) in [5, 5.41) is 10.5. The normalized spacial score (nSPS) is 12.6. The fourth-order valence-corrected chi connectivity index (χ4v) is 5.00. The Morgan fingerprint density at radius 1 is 1.13 bits per heavy atom. The van der Waals surface area contributed by atoms with Crippen molar-refractivity contribution in [3.8, 4) is 5.88 Å². The third-order valence-corrected chi connectivity index (χ3v) is 7.13. The highest BCUT2D eigenvalue weighted by atomic mass is 79.9. The van der Waals surface area contributed by atoms with E-state index in [1.807, 2.05) is 37.3 Å². The first-order valence-electron chi connectivity index (χ1n) is 9.70. The smallest absolute Gasteiger partial charge is 0.277 e. The molecule has 0 saturated heterocycles. The van der Waals surface area contributed by atoms with Crippen molar-refractivity contribution in [3.63, 3.8) is 0 Å². The van der Waals surface area contributed by atoms with Crippen molar-refractivity contribution >= 4 is 25.8 Å². The monoisotopic (exact) mass is 506 g/mol. The number of hydrogen-bond donors (Lipinski definition) is 1. The van der Waals surface area contributed by atoms with Crippen LogP contribution in [0.25, 0.3) is 0 Å². The Bertz CT molecular complexity index is 1210. The zero-order chi connectivity index (χ0) is 22.6. The summed E-state index contributed by atoms with van der Waals surface area (Å²) in [5.41, 5.74) is -0.0620. The Morgan fingerprint density at radius 2 is 1.77 bits per heavy atom. The number of hydrogen-bond acceptors (Lipinski definition) is 6. The standard InChI is InChI=1S/C22H23BrN2O5S/c1-3-7-19-24-21(26)20(31(28,29)17-12-10-16(23)11-13-17)22(27)25(19)18(14-30-2)15-8-5-4-6-9-15/h4-6,8-13,18,26H,3,7,14H2,1-2H3. The van der Waals surface area contributed by atoms with E-state index in [1.54, 1.807) is 12.1 Å². The number of halogens is 1. The van der Waals surface area contributed by atoms with Crippen LogP contribution >= 0.6 is 15.9 Å². The number of aryl methyl sites for hydroxylation is 1. The maximum Gasteiger partial charge on any atom is 0.277 e. The molecule has 9 heteroatoms. The lowest BCUT2D eigenvalue weighted by molar-refractivity contribution is 0.165. The second-order valence-electron chi connectivity index (χ2n) is 6.95. The molecular formula is C22H23BrN2O5S. The lowest BCUT2D eigenvalue weighted by atomic mass is 10.1. The first kappa shape index (κ1) is 23.2. The van der Waals surface area contributed by atoms with Crippen LogP contribution < -0.4 is 5.56 Å². The second-order valence-corrected chi connectivity index (χ2v) is 9.75. The summed E-state index contributed by atoms with van der Waals surface area (Å²) >= 11 is 3.26. The van der Waals surface area contributed by atoms with Gasteiger partial charge < -0.3 is 9.84 Å². The molecule has 1 N–H and O–H groups in total. The molecule has 31 heavy (non-hydrogen) atoms. The lowest BCUT2D eigenvalue weighted by Crippen LogP contribution is -2.35. The van der Waals surface area contributed by atoms with Gasteiger partial charge in [0.2, 0.25) is 15.7 Å². The Hall–Kier alpha value is -2.49. The second kappa shape index (κ2) is 9.76. The van der Waals surface area contributed by atoms with Gasteiger partial charge in [-0.2, -0.15) is 4.98 Å². The van der Waals surface area contributed by atoms with E-state index in [2.05, 4.69) is 20.9 Å². The molecule has 0 bridgehead atoms. The minimum Gasteiger partial charge on any atom is -0.492 e. The van der Waals surface area contributed by atoms with Crippen LogP contribution in [0.2, 0.25) is 0 Å². The van der Waals surface area contributed by atoms with Crippen LogP contribution in [0.15, 0.2) is 73.7 Å². The Labute approximate surface area is 189 Å². The quantitative estimate of drug-likeness (QED) is 0.499. The highest BCUT2D eigenvalue weighted by molar-refractivity contribution is 9.10. The van der Waals surface area contributed by atoms with Gasteiger partial charge >= 0.3 is 0 Å². The van der Waals surface area contributed by atoms with Crippen LogP contribution in [0.1, 0.15) is 30.8 Å². The number of aromatic nitrogens is 2. The molecule has 7 nitrogen and oxygen atoms in total. The summed E-state index contributed by atoms with van der Waals surface area (Å²) in [5.74, 6) is -0.498. The first-order valence-corrected chi connectivity index (χ1v) is 12.0. The van der Waals surface area contributed by atoms with Gasteiger partial charge in [0, 0.05) is 18.0 Å². The number of methoxy groups -OCH3 is 1. The van der Waals surface area contributed by atoms with Crippen molar-refractivity contribution in [3.05, 3.63) is 80.8 Å². The van der Waals surface area contributed by atoms with Gasteiger partial charge in [0.1, 0.15) is 5.82 Å². The van der Waals surface area contributed by atoms with Gasteiger partial charge in [-0.15, -0.1) is 0 Å². The number of aromatic hydroxyl groups is 1. The summed E-state index contributed by atoms with van der Waals surface area (Å²) < 4.78 is 33.9. The summed E-state index contributed by atoms with van der Waals surface area (Å²) in [6, 6.07) is 14.4. The average Bonchev–Trinajstić information content (AvgIpc) is 2.74. The Morgan fingerprint density at radius 3 is 2.35 bits per heavy atom. The maximum atomic E-state index is 13.6. The molecule has 0 radical (unpaired) electrons. The molecule has 0 amide bonds. The largest absolute Gasteiger partial charge is 0.492 e.